The minimum absolute atomic E-state index is 0.0183. The second kappa shape index (κ2) is 20.4. The topological polar surface area (TPSA) is 244 Å². The first-order valence-electron chi connectivity index (χ1n) is 17.7. The van der Waals surface area contributed by atoms with Gasteiger partial charge in [-0.1, -0.05) is 36.4 Å². The summed E-state index contributed by atoms with van der Waals surface area (Å²) in [4.78, 5) is 92.4. The van der Waals surface area contributed by atoms with Crippen LogP contribution >= 0.6 is 0 Å². The molecule has 2 aromatic carbocycles. The van der Waals surface area contributed by atoms with Crippen LogP contribution in [-0.4, -0.2) is 104 Å². The molecule has 4 rings (SSSR count). The molecule has 0 saturated carbocycles. The Bertz CT molecular complexity index is 1660. The highest BCUT2D eigenvalue weighted by Gasteiger charge is 2.31. The quantitative estimate of drug-likeness (QED) is 0.149. The first-order valence-corrected chi connectivity index (χ1v) is 17.7. The number of nitrogens with zero attached hydrogens (tertiary/aromatic N) is 1. The van der Waals surface area contributed by atoms with Crippen molar-refractivity contribution >= 4 is 41.4 Å². The van der Waals surface area contributed by atoms with Gasteiger partial charge in [0.05, 0.1) is 25.6 Å². The third kappa shape index (κ3) is 12.8. The average molecular weight is 733 g/mol. The summed E-state index contributed by atoms with van der Waals surface area (Å²) in [6.45, 7) is 1.61. The summed E-state index contributed by atoms with van der Waals surface area (Å²) in [5, 5.41) is 13.9. The lowest BCUT2D eigenvalue weighted by molar-refractivity contribution is -0.135. The number of hydrogen-bond acceptors (Lipinski definition) is 9. The summed E-state index contributed by atoms with van der Waals surface area (Å²) < 4.78 is 5.31. The van der Waals surface area contributed by atoms with Crippen LogP contribution in [0.25, 0.3) is 0 Å². The zero-order valence-electron chi connectivity index (χ0n) is 29.6. The molecule has 2 aliphatic heterocycles. The van der Waals surface area contributed by atoms with Crippen molar-refractivity contribution in [2.24, 2.45) is 17.4 Å². The van der Waals surface area contributed by atoms with Crippen LogP contribution in [0, 0.1) is 5.92 Å². The lowest BCUT2D eigenvalue weighted by Crippen LogP contribution is -2.52. The summed E-state index contributed by atoms with van der Waals surface area (Å²) in [7, 11) is 0. The predicted molar refractivity (Wildman–Crippen MR) is 193 cm³/mol. The Kier molecular flexibility index (Phi) is 15.5. The number of ether oxygens (including phenoxy) is 1. The molecule has 0 aliphatic carbocycles. The Hall–Kier alpha value is -5.61. The molecule has 7 amide bonds. The Labute approximate surface area is 307 Å². The highest BCUT2D eigenvalue weighted by atomic mass is 16.5. The standard InChI is InChI=1S/C37H48N8O8/c38-14-18-53-19-16-41-36(51)29-13-15-40-31(46)11-12-33(48)45-17-3-6-28(23-45)35(50)44-30(20-24-7-9-25(10-8-24)34(39)49)37(52)42-22-27-5-2-1-4-26(27)21-32(47)43-29/h1-2,4-5,7-12,28-30H,3,6,13-23,38H2,(H2,39,49)(H,40,46)(H,41,51)(H,42,52)(H,43,47)(H,44,50)/b12-11+/t28-,29+,30+/m1/s1. The number of nitrogens with one attached hydrogen (secondary N) is 5. The highest BCUT2D eigenvalue weighted by molar-refractivity contribution is 5.97. The molecule has 53 heavy (non-hydrogen) atoms. The maximum absolute atomic E-state index is 13.7. The van der Waals surface area contributed by atoms with E-state index in [1.54, 1.807) is 48.5 Å². The molecule has 3 atom stereocenters. The third-order valence-electron chi connectivity index (χ3n) is 8.91. The zero-order valence-corrected chi connectivity index (χ0v) is 29.6. The fraction of sp³-hybridized carbons (Fsp3) is 0.432. The number of amides is 7. The van der Waals surface area contributed by atoms with E-state index in [4.69, 9.17) is 16.2 Å². The van der Waals surface area contributed by atoms with Crippen molar-refractivity contribution in [2.45, 2.75) is 50.7 Å². The fourth-order valence-corrected chi connectivity index (χ4v) is 6.03. The molecule has 1 saturated heterocycles. The molecule has 284 valence electrons. The normalized spacial score (nSPS) is 21.3. The molecular weight excluding hydrogens is 684 g/mol. The van der Waals surface area contributed by atoms with Crippen LogP contribution in [-0.2, 0) is 52.9 Å². The van der Waals surface area contributed by atoms with Gasteiger partial charge in [0.1, 0.15) is 12.1 Å². The summed E-state index contributed by atoms with van der Waals surface area (Å²) in [6.07, 6.45) is 3.28. The molecule has 0 aromatic heterocycles. The number of carbonyl (C=O) groups is 7. The molecule has 0 spiro atoms. The van der Waals surface area contributed by atoms with E-state index in [2.05, 4.69) is 26.6 Å². The van der Waals surface area contributed by atoms with E-state index in [-0.39, 0.29) is 52.0 Å². The maximum atomic E-state index is 13.7. The molecule has 2 aromatic rings. The van der Waals surface area contributed by atoms with E-state index in [1.165, 1.54) is 4.90 Å². The predicted octanol–water partition coefficient (Wildman–Crippen LogP) is -1.44. The van der Waals surface area contributed by atoms with E-state index in [9.17, 15) is 33.6 Å². The Morgan fingerprint density at radius 1 is 0.887 bits per heavy atom. The minimum atomic E-state index is -1.02. The smallest absolute Gasteiger partial charge is 0.248 e. The van der Waals surface area contributed by atoms with Gasteiger partial charge in [-0.3, -0.25) is 33.6 Å². The average Bonchev–Trinajstić information content (AvgIpc) is 3.15. The van der Waals surface area contributed by atoms with E-state index < -0.39 is 59.4 Å². The van der Waals surface area contributed by atoms with E-state index >= 15 is 0 Å². The lowest BCUT2D eigenvalue weighted by atomic mass is 9.95. The van der Waals surface area contributed by atoms with Gasteiger partial charge in [0.15, 0.2) is 0 Å². The number of carbonyl (C=O) groups excluding carboxylic acids is 7. The van der Waals surface area contributed by atoms with Crippen molar-refractivity contribution in [2.75, 3.05) is 45.9 Å². The Morgan fingerprint density at radius 3 is 2.38 bits per heavy atom. The van der Waals surface area contributed by atoms with Gasteiger partial charge < -0.3 is 47.7 Å². The van der Waals surface area contributed by atoms with Crippen molar-refractivity contribution in [3.05, 3.63) is 82.9 Å². The summed E-state index contributed by atoms with van der Waals surface area (Å²) >= 11 is 0. The molecular formula is C37H48N8O8. The summed E-state index contributed by atoms with van der Waals surface area (Å²) in [5.41, 5.74) is 13.0. The van der Waals surface area contributed by atoms with Crippen molar-refractivity contribution < 1.29 is 38.3 Å². The summed E-state index contributed by atoms with van der Waals surface area (Å²) in [6, 6.07) is 11.4. The van der Waals surface area contributed by atoms with Gasteiger partial charge >= 0.3 is 0 Å². The number of primary amides is 1. The van der Waals surface area contributed by atoms with Crippen LogP contribution in [0.5, 0.6) is 0 Å². The summed E-state index contributed by atoms with van der Waals surface area (Å²) in [5.74, 6) is -4.05. The molecule has 16 heteroatoms. The Balaban J connectivity index is 1.57. The molecule has 2 heterocycles. The minimum Gasteiger partial charge on any atom is -0.378 e. The number of nitrogens with two attached hydrogens (primary N) is 2. The largest absolute Gasteiger partial charge is 0.378 e. The van der Waals surface area contributed by atoms with Gasteiger partial charge in [-0.05, 0) is 48.1 Å². The third-order valence-corrected chi connectivity index (χ3v) is 8.91. The molecule has 2 aliphatic rings. The van der Waals surface area contributed by atoms with Crippen LogP contribution in [0.1, 0.15) is 46.3 Å². The molecule has 9 N–H and O–H groups in total. The van der Waals surface area contributed by atoms with Crippen LogP contribution in [0.2, 0.25) is 0 Å². The van der Waals surface area contributed by atoms with Crippen molar-refractivity contribution in [1.29, 1.82) is 0 Å². The lowest BCUT2D eigenvalue weighted by Gasteiger charge is -2.32. The SMILES string of the molecule is NCCOCCNC(=O)[C@@H]1CCNC(=O)/C=C/C(=O)N2CCC[C@H](C2)C(=O)N[C@@H](Cc2ccc(C(N)=O)cc2)C(=O)NCc2ccccc2CC(=O)N1. The van der Waals surface area contributed by atoms with Gasteiger partial charge in [-0.2, -0.15) is 0 Å². The van der Waals surface area contributed by atoms with Crippen LogP contribution in [0.15, 0.2) is 60.7 Å². The molecule has 0 radical (unpaired) electrons. The van der Waals surface area contributed by atoms with Gasteiger partial charge in [-0.25, -0.2) is 0 Å². The second-order valence-corrected chi connectivity index (χ2v) is 12.8. The first-order chi connectivity index (χ1) is 25.5. The van der Waals surface area contributed by atoms with Crippen LogP contribution in [0.3, 0.4) is 0 Å². The second-order valence-electron chi connectivity index (χ2n) is 12.8. The Morgan fingerprint density at radius 2 is 1.64 bits per heavy atom. The van der Waals surface area contributed by atoms with Gasteiger partial charge in [0.25, 0.3) is 0 Å². The zero-order chi connectivity index (χ0) is 38.2. The number of piperidine rings is 1. The molecule has 0 unspecified atom stereocenters. The highest BCUT2D eigenvalue weighted by Crippen LogP contribution is 2.18. The fourth-order valence-electron chi connectivity index (χ4n) is 6.03. The molecule has 1 fully saturated rings. The van der Waals surface area contributed by atoms with Crippen LogP contribution < -0.4 is 38.1 Å². The first kappa shape index (κ1) is 40.2. The van der Waals surface area contributed by atoms with Gasteiger partial charge in [0.2, 0.25) is 41.4 Å². The van der Waals surface area contributed by atoms with E-state index in [1.807, 2.05) is 0 Å². The number of benzene rings is 2. The van der Waals surface area contributed by atoms with E-state index in [0.29, 0.717) is 54.8 Å². The molecule has 2 bridgehead atoms. The van der Waals surface area contributed by atoms with Gasteiger partial charge in [0, 0.05) is 63.4 Å². The monoisotopic (exact) mass is 732 g/mol. The van der Waals surface area contributed by atoms with Crippen LogP contribution in [0.4, 0.5) is 0 Å². The molecule has 16 nitrogen and oxygen atoms in total. The maximum Gasteiger partial charge on any atom is 0.248 e. The van der Waals surface area contributed by atoms with Crippen molar-refractivity contribution in [3.8, 4) is 0 Å². The number of hydrogen-bond donors (Lipinski definition) is 7. The van der Waals surface area contributed by atoms with Gasteiger partial charge in [-0.15, -0.1) is 0 Å². The van der Waals surface area contributed by atoms with Crippen molar-refractivity contribution in [3.63, 3.8) is 0 Å². The number of fused-ring (bicyclic) bond motifs is 3. The van der Waals surface area contributed by atoms with E-state index in [0.717, 1.165) is 12.2 Å². The van der Waals surface area contributed by atoms with Crippen molar-refractivity contribution in [1.82, 2.24) is 31.5 Å². The number of rotatable bonds is 9.